The van der Waals surface area contributed by atoms with Crippen molar-refractivity contribution >= 4 is 23.4 Å². The lowest BCUT2D eigenvalue weighted by atomic mass is 9.72. The summed E-state index contributed by atoms with van der Waals surface area (Å²) in [5, 5.41) is 3.63. The molecule has 1 aromatic heterocycles. The fraction of sp³-hybridized carbons (Fsp3) is 0.240. The van der Waals surface area contributed by atoms with Gasteiger partial charge in [-0.1, -0.05) is 48.2 Å². The average Bonchev–Trinajstić information content (AvgIpc) is 2.82. The predicted molar refractivity (Wildman–Crippen MR) is 125 cm³/mol. The molecule has 6 nitrogen and oxygen atoms in total. The number of benzene rings is 2. The molecule has 3 aromatic rings. The molecular formula is C25H22FN3O3S. The van der Waals surface area contributed by atoms with Crippen LogP contribution in [0.2, 0.25) is 0 Å². The standard InChI is InChI=1S/C25H22FN3O3S/c1-32-16-8-4-7-14(12-16)20-21-18(10-5-11-19(21)30)27-23-22(20)24(31)29-25(28-23)33-13-15-6-2-3-9-17(15)26/h2-4,6-10,12,20-21H,5,11,13H2,1H3,(H2,27,28,29,31). The average molecular weight is 464 g/mol. The van der Waals surface area contributed by atoms with Crippen molar-refractivity contribution in [1.29, 1.82) is 0 Å². The van der Waals surface area contributed by atoms with Crippen LogP contribution in [0.15, 0.2) is 70.3 Å². The van der Waals surface area contributed by atoms with Crippen molar-refractivity contribution in [1.82, 2.24) is 9.97 Å². The number of Topliss-reactive ketones (excluding diaryl/α,β-unsaturated/α-hetero) is 1. The number of fused-ring (bicyclic) bond motifs is 2. The van der Waals surface area contributed by atoms with Gasteiger partial charge in [-0.05, 0) is 35.7 Å². The third-order valence-electron chi connectivity index (χ3n) is 6.05. The second-order valence-electron chi connectivity index (χ2n) is 8.03. The van der Waals surface area contributed by atoms with Crippen molar-refractivity contribution in [2.75, 3.05) is 12.4 Å². The molecule has 0 fully saturated rings. The Labute approximate surface area is 194 Å². The third kappa shape index (κ3) is 4.06. The van der Waals surface area contributed by atoms with Gasteiger partial charge in [0.05, 0.1) is 18.6 Å². The number of ketones is 1. The van der Waals surface area contributed by atoms with E-state index in [2.05, 4.69) is 15.3 Å². The number of aromatic nitrogens is 2. The minimum absolute atomic E-state index is 0.0934. The van der Waals surface area contributed by atoms with Crippen LogP contribution in [-0.4, -0.2) is 22.9 Å². The number of allylic oxidation sites excluding steroid dienone is 2. The number of thioether (sulfide) groups is 1. The molecule has 0 radical (unpaired) electrons. The van der Waals surface area contributed by atoms with Gasteiger partial charge in [-0.15, -0.1) is 0 Å². The van der Waals surface area contributed by atoms with E-state index in [0.29, 0.717) is 46.4 Å². The van der Waals surface area contributed by atoms with E-state index in [1.54, 1.807) is 25.3 Å². The molecule has 5 rings (SSSR count). The van der Waals surface area contributed by atoms with E-state index in [9.17, 15) is 14.0 Å². The Morgan fingerprint density at radius 2 is 2.00 bits per heavy atom. The van der Waals surface area contributed by atoms with Gasteiger partial charge in [-0.2, -0.15) is 0 Å². The summed E-state index contributed by atoms with van der Waals surface area (Å²) in [5.41, 5.74) is 2.24. The number of hydrogen-bond acceptors (Lipinski definition) is 6. The first-order valence-corrected chi connectivity index (χ1v) is 11.7. The summed E-state index contributed by atoms with van der Waals surface area (Å²) in [6, 6.07) is 14.0. The first-order chi connectivity index (χ1) is 16.0. The molecule has 0 amide bonds. The minimum atomic E-state index is -0.475. The lowest BCUT2D eigenvalue weighted by molar-refractivity contribution is -0.122. The first kappa shape index (κ1) is 21.5. The Balaban J connectivity index is 1.57. The van der Waals surface area contributed by atoms with Crippen LogP contribution in [0.3, 0.4) is 0 Å². The molecule has 8 heteroatoms. The van der Waals surface area contributed by atoms with Crippen molar-refractivity contribution in [3.63, 3.8) is 0 Å². The number of carbonyl (C=O) groups is 1. The number of rotatable bonds is 5. The van der Waals surface area contributed by atoms with Crippen LogP contribution in [-0.2, 0) is 10.5 Å². The molecule has 33 heavy (non-hydrogen) atoms. The molecule has 2 aromatic carbocycles. The smallest absolute Gasteiger partial charge is 0.257 e. The number of nitrogens with zero attached hydrogens (tertiary/aromatic N) is 1. The van der Waals surface area contributed by atoms with Gasteiger partial charge in [0, 0.05) is 23.8 Å². The topological polar surface area (TPSA) is 84.1 Å². The van der Waals surface area contributed by atoms with E-state index in [-0.39, 0.29) is 17.2 Å². The zero-order valence-corrected chi connectivity index (χ0v) is 18.7. The highest BCUT2D eigenvalue weighted by molar-refractivity contribution is 7.98. The van der Waals surface area contributed by atoms with Gasteiger partial charge in [-0.3, -0.25) is 9.59 Å². The van der Waals surface area contributed by atoms with E-state index in [0.717, 1.165) is 11.3 Å². The molecule has 1 aliphatic carbocycles. The van der Waals surface area contributed by atoms with Crippen LogP contribution in [0.1, 0.15) is 35.4 Å². The summed E-state index contributed by atoms with van der Waals surface area (Å²) in [6.45, 7) is 0. The zero-order chi connectivity index (χ0) is 22.9. The van der Waals surface area contributed by atoms with Gasteiger partial charge in [-0.25, -0.2) is 9.37 Å². The molecule has 0 saturated carbocycles. The third-order valence-corrected chi connectivity index (χ3v) is 6.97. The van der Waals surface area contributed by atoms with Crippen LogP contribution >= 0.6 is 11.8 Å². The maximum Gasteiger partial charge on any atom is 0.257 e. The highest BCUT2D eigenvalue weighted by Crippen LogP contribution is 2.45. The highest BCUT2D eigenvalue weighted by Gasteiger charge is 2.42. The van der Waals surface area contributed by atoms with Crippen LogP contribution in [0.25, 0.3) is 0 Å². The number of carbonyl (C=O) groups excluding carboxylic acids is 1. The van der Waals surface area contributed by atoms with Gasteiger partial charge in [0.15, 0.2) is 5.16 Å². The lowest BCUT2D eigenvalue weighted by Gasteiger charge is -2.36. The second-order valence-corrected chi connectivity index (χ2v) is 9.00. The Hall–Kier alpha value is -3.39. The van der Waals surface area contributed by atoms with E-state index >= 15 is 0 Å². The number of ether oxygens (including phenoxy) is 1. The Morgan fingerprint density at radius 1 is 1.15 bits per heavy atom. The molecule has 0 bridgehead atoms. The number of aromatic amines is 1. The Bertz CT molecular complexity index is 1320. The Kier molecular flexibility index (Phi) is 5.76. The molecule has 0 spiro atoms. The fourth-order valence-electron chi connectivity index (χ4n) is 4.49. The maximum absolute atomic E-state index is 14.0. The molecule has 2 N–H and O–H groups in total. The summed E-state index contributed by atoms with van der Waals surface area (Å²) in [6.07, 6.45) is 3.10. The Morgan fingerprint density at radius 3 is 2.82 bits per heavy atom. The van der Waals surface area contributed by atoms with Crippen molar-refractivity contribution in [3.8, 4) is 5.75 Å². The molecule has 2 aliphatic rings. The number of H-pyrrole nitrogens is 1. The minimum Gasteiger partial charge on any atom is -0.497 e. The van der Waals surface area contributed by atoms with E-state index in [4.69, 9.17) is 4.74 Å². The first-order valence-electron chi connectivity index (χ1n) is 10.7. The van der Waals surface area contributed by atoms with Gasteiger partial charge in [0.25, 0.3) is 5.56 Å². The molecular weight excluding hydrogens is 441 g/mol. The van der Waals surface area contributed by atoms with Crippen LogP contribution in [0, 0.1) is 11.7 Å². The monoisotopic (exact) mass is 463 g/mol. The molecule has 168 valence electrons. The highest BCUT2D eigenvalue weighted by atomic mass is 32.2. The summed E-state index contributed by atoms with van der Waals surface area (Å²) < 4.78 is 19.4. The molecule has 1 aliphatic heterocycles. The van der Waals surface area contributed by atoms with Crippen molar-refractivity contribution in [2.45, 2.75) is 29.7 Å². The van der Waals surface area contributed by atoms with Gasteiger partial charge >= 0.3 is 0 Å². The number of hydrogen-bond donors (Lipinski definition) is 2. The number of halogens is 1. The van der Waals surface area contributed by atoms with E-state index in [1.165, 1.54) is 17.8 Å². The largest absolute Gasteiger partial charge is 0.497 e. The van der Waals surface area contributed by atoms with Gasteiger partial charge in [0.1, 0.15) is 23.2 Å². The zero-order valence-electron chi connectivity index (χ0n) is 17.9. The lowest BCUT2D eigenvalue weighted by Crippen LogP contribution is -2.38. The number of methoxy groups -OCH3 is 1. The maximum atomic E-state index is 14.0. The van der Waals surface area contributed by atoms with Crippen molar-refractivity contribution in [2.24, 2.45) is 5.92 Å². The van der Waals surface area contributed by atoms with Crippen LogP contribution < -0.4 is 15.6 Å². The summed E-state index contributed by atoms with van der Waals surface area (Å²) in [7, 11) is 1.58. The summed E-state index contributed by atoms with van der Waals surface area (Å²) in [4.78, 5) is 33.7. The summed E-state index contributed by atoms with van der Waals surface area (Å²) >= 11 is 1.25. The molecule has 0 saturated heterocycles. The van der Waals surface area contributed by atoms with E-state index < -0.39 is 11.8 Å². The van der Waals surface area contributed by atoms with Gasteiger partial charge in [0.2, 0.25) is 0 Å². The van der Waals surface area contributed by atoms with E-state index in [1.807, 2.05) is 30.3 Å². The van der Waals surface area contributed by atoms with Crippen molar-refractivity contribution in [3.05, 3.63) is 93.2 Å². The number of anilines is 1. The normalized spacial score (nSPS) is 19.2. The van der Waals surface area contributed by atoms with Crippen LogP contribution in [0.5, 0.6) is 5.75 Å². The summed E-state index contributed by atoms with van der Waals surface area (Å²) in [5.74, 6) is 0.265. The van der Waals surface area contributed by atoms with Gasteiger partial charge < -0.3 is 15.0 Å². The predicted octanol–water partition coefficient (Wildman–Crippen LogP) is 4.63. The van der Waals surface area contributed by atoms with Crippen LogP contribution in [0.4, 0.5) is 10.2 Å². The quantitative estimate of drug-likeness (QED) is 0.424. The van der Waals surface area contributed by atoms with Crippen molar-refractivity contribution < 1.29 is 13.9 Å². The SMILES string of the molecule is COc1cccc(C2c3c(nc(SCc4ccccc4F)[nH]c3=O)NC3=CCCC(=O)C32)c1. The molecule has 2 atom stereocenters. The second kappa shape index (κ2) is 8.86. The fourth-order valence-corrected chi connectivity index (χ4v) is 5.34. The number of nitrogens with one attached hydrogen (secondary N) is 2. The molecule has 2 heterocycles. The molecule has 2 unspecified atom stereocenters.